The van der Waals surface area contributed by atoms with Gasteiger partial charge in [0.2, 0.25) is 6.10 Å². The fourth-order valence-electron chi connectivity index (χ4n) is 3.64. The van der Waals surface area contributed by atoms with Gasteiger partial charge in [-0.3, -0.25) is 4.79 Å². The summed E-state index contributed by atoms with van der Waals surface area (Å²) in [5.74, 6) is 1.93. The summed E-state index contributed by atoms with van der Waals surface area (Å²) in [7, 11) is 0. The van der Waals surface area contributed by atoms with E-state index in [1.54, 1.807) is 18.3 Å². The second kappa shape index (κ2) is 9.04. The molecule has 0 spiro atoms. The number of thiazole rings is 1. The molecule has 1 aromatic heterocycles. The minimum Gasteiger partial charge on any atom is -0.486 e. The molecule has 0 bridgehead atoms. The number of ether oxygens (including phenoxy) is 2. The number of amides is 1. The number of aromatic nitrogens is 1. The van der Waals surface area contributed by atoms with Crippen LogP contribution in [0.2, 0.25) is 0 Å². The molecule has 2 aromatic rings. The third-order valence-corrected chi connectivity index (χ3v) is 6.26. The number of hydrogen-bond acceptors (Lipinski definition) is 7. The van der Waals surface area contributed by atoms with E-state index in [4.69, 9.17) is 19.3 Å². The third-order valence-electron chi connectivity index (χ3n) is 5.26. The average Bonchev–Trinajstić information content (AvgIpc) is 3.27. The number of hydrogen-bond donors (Lipinski definition) is 0. The van der Waals surface area contributed by atoms with Crippen molar-refractivity contribution < 1.29 is 19.1 Å². The van der Waals surface area contributed by atoms with E-state index >= 15 is 0 Å². The molecule has 2 aliphatic rings. The Bertz CT molecular complexity index is 930. The second-order valence-electron chi connectivity index (χ2n) is 7.82. The number of piperidine rings is 1. The molecule has 0 N–H and O–H groups in total. The minimum atomic E-state index is -0.557. The van der Waals surface area contributed by atoms with Gasteiger partial charge in [0, 0.05) is 30.0 Å². The van der Waals surface area contributed by atoms with Crippen LogP contribution in [0.3, 0.4) is 0 Å². The molecular weight excluding hydrogens is 402 g/mol. The number of likely N-dealkylation sites (tertiary alicyclic amines) is 1. The largest absolute Gasteiger partial charge is 0.486 e. The van der Waals surface area contributed by atoms with Gasteiger partial charge in [-0.1, -0.05) is 5.16 Å². The van der Waals surface area contributed by atoms with E-state index in [0.29, 0.717) is 32.2 Å². The molecule has 0 saturated carbocycles. The molecule has 1 unspecified atom stereocenters. The van der Waals surface area contributed by atoms with Crippen molar-refractivity contribution >= 4 is 23.0 Å². The minimum absolute atomic E-state index is 0.00504. The van der Waals surface area contributed by atoms with Gasteiger partial charge >= 0.3 is 0 Å². The van der Waals surface area contributed by atoms with Gasteiger partial charge in [-0.15, -0.1) is 11.3 Å². The van der Waals surface area contributed by atoms with Crippen LogP contribution in [0, 0.1) is 0 Å². The van der Waals surface area contributed by atoms with Crippen LogP contribution < -0.4 is 9.47 Å². The summed E-state index contributed by atoms with van der Waals surface area (Å²) >= 11 is 1.69. The molecule has 0 aliphatic carbocycles. The van der Waals surface area contributed by atoms with Crippen LogP contribution in [0.1, 0.15) is 44.5 Å². The van der Waals surface area contributed by atoms with Crippen molar-refractivity contribution in [2.75, 3.05) is 26.3 Å². The zero-order valence-corrected chi connectivity index (χ0v) is 18.4. The number of carbonyl (C=O) groups excluding carboxylic acids is 1. The quantitative estimate of drug-likeness (QED) is 0.529. The highest BCUT2D eigenvalue weighted by atomic mass is 32.1. The zero-order valence-electron chi connectivity index (χ0n) is 17.6. The maximum Gasteiger partial charge on any atom is 0.266 e. The number of rotatable bonds is 5. The molecule has 4 rings (SSSR count). The van der Waals surface area contributed by atoms with Gasteiger partial charge in [-0.2, -0.15) is 0 Å². The van der Waals surface area contributed by atoms with Gasteiger partial charge in [-0.05, 0) is 51.8 Å². The van der Waals surface area contributed by atoms with Gasteiger partial charge in [0.15, 0.2) is 11.5 Å². The molecule has 1 saturated heterocycles. The Balaban J connectivity index is 1.36. The molecule has 2 aliphatic heterocycles. The Morgan fingerprint density at radius 2 is 1.97 bits per heavy atom. The highest BCUT2D eigenvalue weighted by Crippen LogP contribution is 2.37. The molecule has 1 fully saturated rings. The molecule has 8 heteroatoms. The van der Waals surface area contributed by atoms with Gasteiger partial charge in [0.1, 0.15) is 13.2 Å². The van der Waals surface area contributed by atoms with Crippen molar-refractivity contribution in [1.29, 1.82) is 0 Å². The van der Waals surface area contributed by atoms with E-state index in [2.05, 4.69) is 10.5 Å². The molecular formula is C22H27N3O4S. The lowest BCUT2D eigenvalue weighted by Crippen LogP contribution is -2.43. The van der Waals surface area contributed by atoms with E-state index in [1.165, 1.54) is 0 Å². The first kappa shape index (κ1) is 20.7. The molecule has 160 valence electrons. The Morgan fingerprint density at radius 3 is 2.70 bits per heavy atom. The van der Waals surface area contributed by atoms with Crippen LogP contribution in [0.25, 0.3) is 11.3 Å². The second-order valence-corrected chi connectivity index (χ2v) is 8.70. The first-order valence-electron chi connectivity index (χ1n) is 10.3. The normalized spacial score (nSPS) is 17.4. The number of carbonyl (C=O) groups is 1. The lowest BCUT2D eigenvalue weighted by molar-refractivity contribution is -0.143. The van der Waals surface area contributed by atoms with Gasteiger partial charge in [-0.25, -0.2) is 4.98 Å². The van der Waals surface area contributed by atoms with Crippen LogP contribution in [0.15, 0.2) is 28.7 Å². The monoisotopic (exact) mass is 429 g/mol. The lowest BCUT2D eigenvalue weighted by atomic mass is 9.97. The summed E-state index contributed by atoms with van der Waals surface area (Å²) in [5.41, 5.74) is 2.79. The molecule has 7 nitrogen and oxygen atoms in total. The van der Waals surface area contributed by atoms with Crippen molar-refractivity contribution in [3.63, 3.8) is 0 Å². The molecule has 3 heterocycles. The van der Waals surface area contributed by atoms with Crippen molar-refractivity contribution in [1.82, 2.24) is 9.88 Å². The van der Waals surface area contributed by atoms with Crippen LogP contribution in [-0.2, 0) is 9.63 Å². The lowest BCUT2D eigenvalue weighted by Gasteiger charge is -2.32. The fourth-order valence-corrected chi connectivity index (χ4v) is 4.64. The van der Waals surface area contributed by atoms with Gasteiger partial charge in [0.25, 0.3) is 5.91 Å². The first-order valence-corrected chi connectivity index (χ1v) is 11.2. The predicted octanol–water partition coefficient (Wildman–Crippen LogP) is 4.09. The molecule has 1 amide bonds. The van der Waals surface area contributed by atoms with E-state index in [-0.39, 0.29) is 5.91 Å². The Kier molecular flexibility index (Phi) is 6.22. The predicted molar refractivity (Wildman–Crippen MR) is 116 cm³/mol. The number of fused-ring (bicyclic) bond motifs is 1. The smallest absolute Gasteiger partial charge is 0.266 e. The zero-order chi connectivity index (χ0) is 21.1. The molecule has 30 heavy (non-hydrogen) atoms. The van der Waals surface area contributed by atoms with Crippen LogP contribution in [-0.4, -0.2) is 53.9 Å². The van der Waals surface area contributed by atoms with Crippen molar-refractivity contribution in [2.45, 2.75) is 45.6 Å². The van der Waals surface area contributed by atoms with E-state index < -0.39 is 6.10 Å². The maximum atomic E-state index is 12.6. The standard InChI is InChI=1S/C22H27N3O4S/c1-14(2)24-29-15(3)22(26)25-8-6-16(7-9-25)21-23-18(13-30-21)17-4-5-19-20(12-17)28-11-10-27-19/h4-5,12-13,15-16H,6-11H2,1-3H3. The highest BCUT2D eigenvalue weighted by molar-refractivity contribution is 7.10. The van der Waals surface area contributed by atoms with E-state index in [1.807, 2.05) is 36.9 Å². The van der Waals surface area contributed by atoms with Crippen molar-refractivity contribution in [3.8, 4) is 22.8 Å². The number of nitrogens with zero attached hydrogens (tertiary/aromatic N) is 3. The first-order chi connectivity index (χ1) is 14.5. The van der Waals surface area contributed by atoms with Crippen LogP contribution in [0.4, 0.5) is 0 Å². The third kappa shape index (κ3) is 4.59. The molecule has 0 radical (unpaired) electrons. The fraction of sp³-hybridized carbons (Fsp3) is 0.500. The van der Waals surface area contributed by atoms with Crippen LogP contribution in [0.5, 0.6) is 11.5 Å². The Hall–Kier alpha value is -2.61. The van der Waals surface area contributed by atoms with Crippen molar-refractivity contribution in [2.24, 2.45) is 5.16 Å². The van der Waals surface area contributed by atoms with Gasteiger partial charge in [0.05, 0.1) is 16.4 Å². The topological polar surface area (TPSA) is 73.2 Å². The summed E-state index contributed by atoms with van der Waals surface area (Å²) in [6.45, 7) is 8.03. The summed E-state index contributed by atoms with van der Waals surface area (Å²) in [6, 6.07) is 5.96. The summed E-state index contributed by atoms with van der Waals surface area (Å²) in [5, 5.41) is 7.13. The SMILES string of the molecule is CC(C)=NOC(C)C(=O)N1CCC(c2nc(-c3ccc4c(c3)OCCO4)cs2)CC1. The number of oxime groups is 1. The van der Waals surface area contributed by atoms with Gasteiger partial charge < -0.3 is 19.2 Å². The summed E-state index contributed by atoms with van der Waals surface area (Å²) in [6.07, 6.45) is 1.25. The Labute approximate surface area is 180 Å². The molecule has 1 atom stereocenters. The van der Waals surface area contributed by atoms with Crippen molar-refractivity contribution in [3.05, 3.63) is 28.6 Å². The van der Waals surface area contributed by atoms with E-state index in [0.717, 1.165) is 46.3 Å². The Morgan fingerprint density at radius 1 is 1.23 bits per heavy atom. The number of benzene rings is 1. The highest BCUT2D eigenvalue weighted by Gasteiger charge is 2.29. The maximum absolute atomic E-state index is 12.6. The van der Waals surface area contributed by atoms with E-state index in [9.17, 15) is 4.79 Å². The summed E-state index contributed by atoms with van der Waals surface area (Å²) < 4.78 is 11.3. The summed E-state index contributed by atoms with van der Waals surface area (Å²) in [4.78, 5) is 24.6. The average molecular weight is 430 g/mol. The van der Waals surface area contributed by atoms with Crippen LogP contribution >= 0.6 is 11.3 Å². The molecule has 1 aromatic carbocycles.